The van der Waals surface area contributed by atoms with Crippen LogP contribution in [-0.2, 0) is 11.8 Å². The van der Waals surface area contributed by atoms with E-state index in [0.29, 0.717) is 10.7 Å². The molecule has 3 aromatic rings. The van der Waals surface area contributed by atoms with Gasteiger partial charge >= 0.3 is 0 Å². The smallest absolute Gasteiger partial charge is 0.247 e. The second-order valence-electron chi connectivity index (χ2n) is 5.37. The highest BCUT2D eigenvalue weighted by molar-refractivity contribution is 6.30. The van der Waals surface area contributed by atoms with Gasteiger partial charge in [-0.15, -0.1) is 0 Å². The maximum atomic E-state index is 11.5. The number of carbonyl (C=O) groups is 1. The molecule has 0 fully saturated rings. The summed E-state index contributed by atoms with van der Waals surface area (Å²) in [6.45, 7) is 3.45. The van der Waals surface area contributed by atoms with Crippen molar-refractivity contribution in [2.75, 3.05) is 5.32 Å². The lowest BCUT2D eigenvalue weighted by molar-refractivity contribution is -0.111. The lowest BCUT2D eigenvalue weighted by Gasteiger charge is -2.02. The van der Waals surface area contributed by atoms with Gasteiger partial charge in [-0.1, -0.05) is 42.5 Å². The molecule has 0 aliphatic heterocycles. The molecule has 0 bridgehead atoms. The Labute approximate surface area is 145 Å². The Morgan fingerprint density at radius 2 is 2.17 bits per heavy atom. The Morgan fingerprint density at radius 1 is 1.33 bits per heavy atom. The third kappa shape index (κ3) is 3.39. The van der Waals surface area contributed by atoms with E-state index in [1.807, 2.05) is 60.3 Å². The molecule has 0 spiro atoms. The zero-order valence-electron chi connectivity index (χ0n) is 13.2. The molecule has 0 aliphatic carbocycles. The number of halogens is 1. The summed E-state index contributed by atoms with van der Waals surface area (Å²) in [5.41, 5.74) is 3.51. The summed E-state index contributed by atoms with van der Waals surface area (Å²) in [7, 11) is 1.94. The third-order valence-electron chi connectivity index (χ3n) is 3.60. The number of nitrogens with one attached hydrogen (secondary N) is 1. The number of hydrogen-bond acceptors (Lipinski definition) is 2. The molecule has 2 aromatic heterocycles. The van der Waals surface area contributed by atoms with Crippen LogP contribution in [0.2, 0.25) is 5.02 Å². The zero-order chi connectivity index (χ0) is 17.1. The maximum Gasteiger partial charge on any atom is 0.247 e. The highest BCUT2D eigenvalue weighted by Gasteiger charge is 2.08. The van der Waals surface area contributed by atoms with E-state index < -0.39 is 0 Å². The maximum absolute atomic E-state index is 11.5. The van der Waals surface area contributed by atoms with Crippen LogP contribution < -0.4 is 5.32 Å². The van der Waals surface area contributed by atoms with Crippen LogP contribution in [0.15, 0.2) is 55.4 Å². The first-order valence-corrected chi connectivity index (χ1v) is 7.77. The normalized spacial score (nSPS) is 11.1. The predicted molar refractivity (Wildman–Crippen MR) is 99.9 cm³/mol. The Hall–Kier alpha value is -2.85. The van der Waals surface area contributed by atoms with Gasteiger partial charge in [0.1, 0.15) is 5.65 Å². The molecule has 0 saturated carbocycles. The van der Waals surface area contributed by atoms with Gasteiger partial charge < -0.3 is 9.88 Å². The number of benzene rings is 1. The van der Waals surface area contributed by atoms with E-state index in [1.165, 1.54) is 6.08 Å². The molecule has 4 nitrogen and oxygen atoms in total. The molecule has 5 heteroatoms. The number of aromatic nitrogens is 2. The van der Waals surface area contributed by atoms with Gasteiger partial charge in [0, 0.05) is 29.2 Å². The van der Waals surface area contributed by atoms with Gasteiger partial charge in [0.2, 0.25) is 5.91 Å². The summed E-state index contributed by atoms with van der Waals surface area (Å²) in [6.07, 6.45) is 8.87. The van der Waals surface area contributed by atoms with E-state index in [-0.39, 0.29) is 5.91 Å². The lowest BCUT2D eigenvalue weighted by Crippen LogP contribution is -2.07. The van der Waals surface area contributed by atoms with Gasteiger partial charge in [-0.3, -0.25) is 4.79 Å². The minimum absolute atomic E-state index is 0.261. The molecule has 1 aromatic carbocycles. The second kappa shape index (κ2) is 6.72. The van der Waals surface area contributed by atoms with Gasteiger partial charge in [0.05, 0.1) is 11.9 Å². The minimum atomic E-state index is -0.261. The largest absolute Gasteiger partial charge is 0.335 e. The van der Waals surface area contributed by atoms with Crippen molar-refractivity contribution in [3.63, 3.8) is 0 Å². The number of hydrogen-bond donors (Lipinski definition) is 1. The van der Waals surface area contributed by atoms with Crippen LogP contribution in [0.1, 0.15) is 11.1 Å². The number of pyridine rings is 1. The Balaban J connectivity index is 1.99. The highest BCUT2D eigenvalue weighted by Crippen LogP contribution is 2.24. The van der Waals surface area contributed by atoms with Crippen molar-refractivity contribution < 1.29 is 4.79 Å². The van der Waals surface area contributed by atoms with Crippen LogP contribution in [0, 0.1) is 0 Å². The summed E-state index contributed by atoms with van der Waals surface area (Å²) < 4.78 is 1.95. The fourth-order valence-electron chi connectivity index (χ4n) is 2.48. The standard InChI is InChI=1S/C19H16ClN3O/c1-3-18(24)22-16-10-17-14(12-23(2)19(17)21-11-16)8-7-13-5-4-6-15(20)9-13/h3-12H,1H2,2H3,(H,22,24)/b8-7+. The third-order valence-corrected chi connectivity index (χ3v) is 3.84. The predicted octanol–water partition coefficient (Wildman–Crippen LogP) is 4.52. The molecule has 120 valence electrons. The molecule has 2 heterocycles. The van der Waals surface area contributed by atoms with Gasteiger partial charge in [-0.25, -0.2) is 4.98 Å². The van der Waals surface area contributed by atoms with Crippen molar-refractivity contribution in [1.29, 1.82) is 0 Å². The number of fused-ring (bicyclic) bond motifs is 1. The van der Waals surface area contributed by atoms with Crippen molar-refractivity contribution in [2.24, 2.45) is 7.05 Å². The average molecular weight is 338 g/mol. The second-order valence-corrected chi connectivity index (χ2v) is 5.81. The Bertz CT molecular complexity index is 956. The highest BCUT2D eigenvalue weighted by atomic mass is 35.5. The van der Waals surface area contributed by atoms with E-state index in [0.717, 1.165) is 22.2 Å². The molecule has 3 rings (SSSR count). The van der Waals surface area contributed by atoms with Crippen molar-refractivity contribution in [1.82, 2.24) is 9.55 Å². The number of rotatable bonds is 4. The number of carbonyl (C=O) groups excluding carboxylic acids is 1. The van der Waals surface area contributed by atoms with Crippen LogP contribution in [0.5, 0.6) is 0 Å². The quantitative estimate of drug-likeness (QED) is 0.711. The average Bonchev–Trinajstić information content (AvgIpc) is 2.88. The molecule has 0 aliphatic rings. The fourth-order valence-corrected chi connectivity index (χ4v) is 2.68. The first-order chi connectivity index (χ1) is 11.6. The fraction of sp³-hybridized carbons (Fsp3) is 0.0526. The van der Waals surface area contributed by atoms with E-state index >= 15 is 0 Å². The molecule has 0 saturated heterocycles. The topological polar surface area (TPSA) is 46.9 Å². The zero-order valence-corrected chi connectivity index (χ0v) is 13.9. The molecular weight excluding hydrogens is 322 g/mol. The first-order valence-electron chi connectivity index (χ1n) is 7.39. The number of aryl methyl sites for hydroxylation is 1. The van der Waals surface area contributed by atoms with Crippen LogP contribution in [0.4, 0.5) is 5.69 Å². The van der Waals surface area contributed by atoms with E-state index in [4.69, 9.17) is 11.6 Å². The number of anilines is 1. The van der Waals surface area contributed by atoms with Crippen LogP contribution in [0.25, 0.3) is 23.2 Å². The van der Waals surface area contributed by atoms with Crippen LogP contribution in [0.3, 0.4) is 0 Å². The minimum Gasteiger partial charge on any atom is -0.335 e. The number of amides is 1. The molecular formula is C19H16ClN3O. The lowest BCUT2D eigenvalue weighted by atomic mass is 10.1. The summed E-state index contributed by atoms with van der Waals surface area (Å²) in [5, 5.41) is 4.39. The Kier molecular flexibility index (Phi) is 4.49. The molecule has 1 N–H and O–H groups in total. The van der Waals surface area contributed by atoms with Crippen molar-refractivity contribution in [2.45, 2.75) is 0 Å². The first kappa shape index (κ1) is 16.0. The van der Waals surface area contributed by atoms with Crippen LogP contribution >= 0.6 is 11.6 Å². The molecule has 1 amide bonds. The van der Waals surface area contributed by atoms with Crippen molar-refractivity contribution in [3.05, 3.63) is 71.5 Å². The van der Waals surface area contributed by atoms with E-state index in [9.17, 15) is 4.79 Å². The van der Waals surface area contributed by atoms with Gasteiger partial charge in [0.25, 0.3) is 0 Å². The monoisotopic (exact) mass is 337 g/mol. The summed E-state index contributed by atoms with van der Waals surface area (Å²) >= 11 is 6.01. The summed E-state index contributed by atoms with van der Waals surface area (Å²) in [5.74, 6) is -0.261. The van der Waals surface area contributed by atoms with Crippen LogP contribution in [-0.4, -0.2) is 15.5 Å². The molecule has 0 radical (unpaired) electrons. The number of nitrogens with zero attached hydrogens (tertiary/aromatic N) is 2. The molecule has 24 heavy (non-hydrogen) atoms. The summed E-state index contributed by atoms with van der Waals surface area (Å²) in [6, 6.07) is 9.55. The van der Waals surface area contributed by atoms with Gasteiger partial charge in [0.15, 0.2) is 0 Å². The van der Waals surface area contributed by atoms with Gasteiger partial charge in [-0.05, 0) is 29.8 Å². The van der Waals surface area contributed by atoms with E-state index in [2.05, 4.69) is 16.9 Å². The van der Waals surface area contributed by atoms with Crippen molar-refractivity contribution in [3.8, 4) is 0 Å². The summed E-state index contributed by atoms with van der Waals surface area (Å²) in [4.78, 5) is 15.9. The Morgan fingerprint density at radius 3 is 2.92 bits per heavy atom. The molecule has 0 unspecified atom stereocenters. The van der Waals surface area contributed by atoms with Gasteiger partial charge in [-0.2, -0.15) is 0 Å². The van der Waals surface area contributed by atoms with E-state index in [1.54, 1.807) is 6.20 Å². The SMILES string of the molecule is C=CC(=O)Nc1cnc2c(c1)c(/C=C/c1cccc(Cl)c1)cn2C. The van der Waals surface area contributed by atoms with Crippen molar-refractivity contribution >= 4 is 46.4 Å². The molecule has 0 atom stereocenters.